The number of rotatable bonds is 8. The van der Waals surface area contributed by atoms with Gasteiger partial charge in [0, 0.05) is 18.7 Å². The molecule has 0 unspecified atom stereocenters. The molecule has 0 radical (unpaired) electrons. The Labute approximate surface area is 151 Å². The highest BCUT2D eigenvalue weighted by atomic mass is 127. The Bertz CT molecular complexity index is 461. The molecule has 0 saturated carbocycles. The Morgan fingerprint density at radius 3 is 2.68 bits per heavy atom. The highest BCUT2D eigenvalue weighted by molar-refractivity contribution is 14.0. The fourth-order valence-corrected chi connectivity index (χ4v) is 1.88. The molecule has 0 heterocycles. The first-order chi connectivity index (χ1) is 10.3. The zero-order valence-electron chi connectivity index (χ0n) is 13.8. The summed E-state index contributed by atoms with van der Waals surface area (Å²) >= 11 is 0. The summed E-state index contributed by atoms with van der Waals surface area (Å²) in [7, 11) is 0. The summed E-state index contributed by atoms with van der Waals surface area (Å²) in [6.45, 7) is 9.09. The molecule has 0 aliphatic rings. The van der Waals surface area contributed by atoms with Gasteiger partial charge < -0.3 is 15.4 Å². The number of guanidine groups is 1. The van der Waals surface area contributed by atoms with Crippen molar-refractivity contribution in [3.05, 3.63) is 42.0 Å². The second-order valence-corrected chi connectivity index (χ2v) is 4.52. The molecule has 2 N–H and O–H groups in total. The molecule has 0 aliphatic heterocycles. The van der Waals surface area contributed by atoms with Crippen LogP contribution in [-0.4, -0.2) is 25.7 Å². The van der Waals surface area contributed by atoms with Crippen LogP contribution in [0.2, 0.25) is 0 Å². The van der Waals surface area contributed by atoms with Gasteiger partial charge in [-0.15, -0.1) is 24.0 Å². The third-order valence-corrected chi connectivity index (χ3v) is 2.86. The van der Waals surface area contributed by atoms with E-state index in [4.69, 9.17) is 4.74 Å². The molecule has 0 saturated heterocycles. The van der Waals surface area contributed by atoms with Gasteiger partial charge in [-0.05, 0) is 33.3 Å². The van der Waals surface area contributed by atoms with Crippen LogP contribution in [0.25, 0.3) is 0 Å². The minimum Gasteiger partial charge on any atom is -0.494 e. The number of benzene rings is 1. The van der Waals surface area contributed by atoms with E-state index in [2.05, 4.69) is 40.8 Å². The van der Waals surface area contributed by atoms with Crippen LogP contribution < -0.4 is 15.4 Å². The quantitative estimate of drug-likeness (QED) is 0.223. The summed E-state index contributed by atoms with van der Waals surface area (Å²) in [6, 6.07) is 8.04. The Kier molecular flexibility index (Phi) is 12.7. The maximum absolute atomic E-state index is 5.62. The molecule has 1 aromatic carbocycles. The van der Waals surface area contributed by atoms with E-state index in [0.717, 1.165) is 36.8 Å². The lowest BCUT2D eigenvalue weighted by atomic mass is 10.2. The molecule has 124 valence electrons. The summed E-state index contributed by atoms with van der Waals surface area (Å²) < 4.78 is 5.62. The minimum absolute atomic E-state index is 0. The van der Waals surface area contributed by atoms with Gasteiger partial charge in [-0.2, -0.15) is 0 Å². The van der Waals surface area contributed by atoms with Crippen LogP contribution in [0.5, 0.6) is 5.75 Å². The summed E-state index contributed by atoms with van der Waals surface area (Å²) in [5, 5.41) is 6.58. The molecule has 5 heteroatoms. The van der Waals surface area contributed by atoms with Crippen LogP contribution in [0.15, 0.2) is 41.4 Å². The highest BCUT2D eigenvalue weighted by Gasteiger charge is 2.02. The van der Waals surface area contributed by atoms with Crippen molar-refractivity contribution in [3.8, 4) is 5.75 Å². The van der Waals surface area contributed by atoms with Gasteiger partial charge in [-0.3, -0.25) is 0 Å². The number of hydrogen-bond acceptors (Lipinski definition) is 2. The number of nitrogens with zero attached hydrogens (tertiary/aromatic N) is 1. The Hall–Kier alpha value is -1.24. The molecule has 0 aromatic heterocycles. The molecular formula is C17H28IN3O. The lowest BCUT2D eigenvalue weighted by Gasteiger charge is -2.12. The number of ether oxygens (including phenoxy) is 1. The van der Waals surface area contributed by atoms with Crippen LogP contribution >= 0.6 is 24.0 Å². The van der Waals surface area contributed by atoms with E-state index >= 15 is 0 Å². The fourth-order valence-electron chi connectivity index (χ4n) is 1.88. The van der Waals surface area contributed by atoms with Crippen LogP contribution in [0.3, 0.4) is 0 Å². The second-order valence-electron chi connectivity index (χ2n) is 4.52. The lowest BCUT2D eigenvalue weighted by molar-refractivity contribution is 0.336. The molecule has 0 aliphatic carbocycles. The average molecular weight is 417 g/mol. The van der Waals surface area contributed by atoms with E-state index < -0.39 is 0 Å². The smallest absolute Gasteiger partial charge is 0.191 e. The average Bonchev–Trinajstić information content (AvgIpc) is 2.50. The second kappa shape index (κ2) is 13.4. The Balaban J connectivity index is 0.00000441. The van der Waals surface area contributed by atoms with Crippen molar-refractivity contribution in [2.24, 2.45) is 4.99 Å². The fraction of sp³-hybridized carbons (Fsp3) is 0.471. The van der Waals surface area contributed by atoms with Crippen LogP contribution in [0.4, 0.5) is 0 Å². The zero-order chi connectivity index (χ0) is 15.3. The molecule has 0 atom stereocenters. The van der Waals surface area contributed by atoms with Crippen molar-refractivity contribution in [2.45, 2.75) is 33.7 Å². The number of halogens is 1. The normalized spacial score (nSPS) is 11.1. The summed E-state index contributed by atoms with van der Waals surface area (Å²) in [6.07, 6.45) is 5.20. The summed E-state index contributed by atoms with van der Waals surface area (Å²) in [5.74, 6) is 1.75. The lowest BCUT2D eigenvalue weighted by Crippen LogP contribution is -2.37. The molecule has 22 heavy (non-hydrogen) atoms. The van der Waals surface area contributed by atoms with Gasteiger partial charge in [0.05, 0.1) is 13.2 Å². The maximum atomic E-state index is 5.62. The van der Waals surface area contributed by atoms with E-state index in [0.29, 0.717) is 13.2 Å². The molecule has 0 spiro atoms. The van der Waals surface area contributed by atoms with Gasteiger partial charge >= 0.3 is 0 Å². The first-order valence-corrected chi connectivity index (χ1v) is 7.65. The van der Waals surface area contributed by atoms with E-state index in [1.54, 1.807) is 0 Å². The highest BCUT2D eigenvalue weighted by Crippen LogP contribution is 2.18. The molecule has 4 nitrogen and oxygen atoms in total. The van der Waals surface area contributed by atoms with Crippen molar-refractivity contribution in [2.75, 3.05) is 19.7 Å². The Morgan fingerprint density at radius 1 is 1.23 bits per heavy atom. The van der Waals surface area contributed by atoms with Crippen molar-refractivity contribution >= 4 is 29.9 Å². The van der Waals surface area contributed by atoms with Gasteiger partial charge in [0.1, 0.15) is 5.75 Å². The number of aliphatic imine (C=N–C) groups is 1. The SMILES string of the molecule is C/C=C/CCNC(=NCc1ccccc1OCC)NCC.I. The van der Waals surface area contributed by atoms with E-state index in [1.807, 2.05) is 32.0 Å². The molecular weight excluding hydrogens is 389 g/mol. The summed E-state index contributed by atoms with van der Waals surface area (Å²) in [4.78, 5) is 4.61. The molecule has 0 amide bonds. The standard InChI is InChI=1S/C17H27N3O.HI/c1-4-7-10-13-19-17(18-5-2)20-14-15-11-8-9-12-16(15)21-6-3;/h4,7-9,11-12H,5-6,10,13-14H2,1-3H3,(H2,18,19,20);1H/b7-4+;. The van der Waals surface area contributed by atoms with E-state index in [1.165, 1.54) is 0 Å². The monoisotopic (exact) mass is 417 g/mol. The van der Waals surface area contributed by atoms with Crippen molar-refractivity contribution in [1.29, 1.82) is 0 Å². The third kappa shape index (κ3) is 8.26. The minimum atomic E-state index is 0. The molecule has 1 rings (SSSR count). The number of para-hydroxylation sites is 1. The van der Waals surface area contributed by atoms with Crippen molar-refractivity contribution in [1.82, 2.24) is 10.6 Å². The summed E-state index contributed by atoms with van der Waals surface area (Å²) in [5.41, 5.74) is 1.10. The third-order valence-electron chi connectivity index (χ3n) is 2.86. The van der Waals surface area contributed by atoms with Gasteiger partial charge in [0.25, 0.3) is 0 Å². The van der Waals surface area contributed by atoms with Gasteiger partial charge in [0.15, 0.2) is 5.96 Å². The first kappa shape index (κ1) is 20.8. The van der Waals surface area contributed by atoms with E-state index in [9.17, 15) is 0 Å². The van der Waals surface area contributed by atoms with Gasteiger partial charge in [-0.1, -0.05) is 30.4 Å². The van der Waals surface area contributed by atoms with Crippen molar-refractivity contribution < 1.29 is 4.74 Å². The molecule has 1 aromatic rings. The van der Waals surface area contributed by atoms with Crippen molar-refractivity contribution in [3.63, 3.8) is 0 Å². The number of nitrogens with one attached hydrogen (secondary N) is 2. The zero-order valence-corrected chi connectivity index (χ0v) is 16.1. The van der Waals surface area contributed by atoms with Gasteiger partial charge in [-0.25, -0.2) is 4.99 Å². The predicted molar refractivity (Wildman–Crippen MR) is 105 cm³/mol. The molecule has 0 bridgehead atoms. The number of allylic oxidation sites excluding steroid dienone is 1. The first-order valence-electron chi connectivity index (χ1n) is 7.65. The Morgan fingerprint density at radius 2 is 2.00 bits per heavy atom. The van der Waals surface area contributed by atoms with Crippen LogP contribution in [0.1, 0.15) is 32.8 Å². The topological polar surface area (TPSA) is 45.7 Å². The van der Waals surface area contributed by atoms with Crippen LogP contribution in [-0.2, 0) is 6.54 Å². The van der Waals surface area contributed by atoms with E-state index in [-0.39, 0.29) is 24.0 Å². The number of hydrogen-bond donors (Lipinski definition) is 2. The van der Waals surface area contributed by atoms with Gasteiger partial charge in [0.2, 0.25) is 0 Å². The maximum Gasteiger partial charge on any atom is 0.191 e. The van der Waals surface area contributed by atoms with Crippen LogP contribution in [0, 0.1) is 0 Å². The predicted octanol–water partition coefficient (Wildman–Crippen LogP) is 3.72. The largest absolute Gasteiger partial charge is 0.494 e. The molecule has 0 fully saturated rings.